The molecule has 1 aromatic rings. The number of nitrogens with zero attached hydrogens (tertiary/aromatic N) is 1. The number of hydrogen-bond acceptors (Lipinski definition) is 4. The number of carbonyl (C=O) groups excluding carboxylic acids is 1. The Morgan fingerprint density at radius 1 is 1.47 bits per heavy atom. The van der Waals surface area contributed by atoms with Crippen molar-refractivity contribution in [2.75, 3.05) is 18.1 Å². The molecule has 0 aliphatic rings. The number of thioether (sulfide) groups is 1. The van der Waals surface area contributed by atoms with Crippen LogP contribution in [0.1, 0.15) is 18.4 Å². The molecule has 0 saturated heterocycles. The summed E-state index contributed by atoms with van der Waals surface area (Å²) in [5.41, 5.74) is 0.992. The molecule has 3 nitrogen and oxygen atoms in total. The number of nitriles is 1. The van der Waals surface area contributed by atoms with Gasteiger partial charge in [0.1, 0.15) is 0 Å². The molecule has 0 fully saturated rings. The van der Waals surface area contributed by atoms with Gasteiger partial charge in [-0.25, -0.2) is 0 Å². The van der Waals surface area contributed by atoms with Gasteiger partial charge < -0.3 is 4.74 Å². The molecule has 1 rings (SSSR count). The maximum absolute atomic E-state index is 11.1. The van der Waals surface area contributed by atoms with Gasteiger partial charge in [0.25, 0.3) is 0 Å². The van der Waals surface area contributed by atoms with Gasteiger partial charge in [-0.1, -0.05) is 30.3 Å². The van der Waals surface area contributed by atoms with E-state index in [0.29, 0.717) is 18.1 Å². The summed E-state index contributed by atoms with van der Waals surface area (Å²) in [5.74, 6) is 0.524. The summed E-state index contributed by atoms with van der Waals surface area (Å²) < 4.78 is 4.82. The van der Waals surface area contributed by atoms with Crippen LogP contribution in [-0.2, 0) is 9.53 Å². The molecule has 0 bridgehead atoms. The predicted molar refractivity (Wildman–Crippen MR) is 68.8 cm³/mol. The predicted octanol–water partition coefficient (Wildman–Crippen LogP) is 2.59. The van der Waals surface area contributed by atoms with E-state index in [9.17, 15) is 4.79 Å². The van der Waals surface area contributed by atoms with E-state index in [2.05, 4.69) is 6.07 Å². The van der Waals surface area contributed by atoms with Crippen LogP contribution in [0.2, 0.25) is 0 Å². The second-order valence-electron chi connectivity index (χ2n) is 3.41. The molecule has 1 atom stereocenters. The van der Waals surface area contributed by atoms with Gasteiger partial charge in [0.15, 0.2) is 0 Å². The molecule has 0 aromatic heterocycles. The highest BCUT2D eigenvalue weighted by Gasteiger charge is 2.11. The fourth-order valence-electron chi connectivity index (χ4n) is 1.36. The Bertz CT molecular complexity index is 386. The molecule has 0 amide bonds. The van der Waals surface area contributed by atoms with E-state index in [0.717, 1.165) is 5.56 Å². The van der Waals surface area contributed by atoms with Crippen molar-refractivity contribution in [2.45, 2.75) is 12.8 Å². The molecule has 0 spiro atoms. The third-order valence-electron chi connectivity index (χ3n) is 2.17. The first kappa shape index (κ1) is 13.6. The van der Waals surface area contributed by atoms with E-state index in [-0.39, 0.29) is 11.9 Å². The van der Waals surface area contributed by atoms with Gasteiger partial charge in [-0.3, -0.25) is 4.79 Å². The normalized spacial score (nSPS) is 11.5. The third-order valence-corrected chi connectivity index (χ3v) is 3.18. The quantitative estimate of drug-likeness (QED) is 0.727. The van der Waals surface area contributed by atoms with E-state index in [1.54, 1.807) is 6.92 Å². The monoisotopic (exact) mass is 249 g/mol. The van der Waals surface area contributed by atoms with Crippen molar-refractivity contribution in [2.24, 2.45) is 0 Å². The summed E-state index contributed by atoms with van der Waals surface area (Å²) in [5, 5.41) is 9.07. The van der Waals surface area contributed by atoms with Gasteiger partial charge in [0, 0.05) is 5.75 Å². The first-order chi connectivity index (χ1) is 8.27. The average molecular weight is 249 g/mol. The van der Waals surface area contributed by atoms with Crippen molar-refractivity contribution in [3.63, 3.8) is 0 Å². The molecular weight excluding hydrogens is 234 g/mol. The lowest BCUT2D eigenvalue weighted by Crippen LogP contribution is -2.08. The van der Waals surface area contributed by atoms with Crippen LogP contribution in [0.25, 0.3) is 0 Å². The Morgan fingerprint density at radius 2 is 2.18 bits per heavy atom. The summed E-state index contributed by atoms with van der Waals surface area (Å²) in [4.78, 5) is 11.1. The summed E-state index contributed by atoms with van der Waals surface area (Å²) in [6.45, 7) is 2.18. The van der Waals surface area contributed by atoms with Crippen LogP contribution >= 0.6 is 11.8 Å². The highest BCUT2D eigenvalue weighted by molar-refractivity contribution is 7.99. The Balaban J connectivity index is 2.39. The Labute approximate surface area is 106 Å². The van der Waals surface area contributed by atoms with Gasteiger partial charge in [0.05, 0.1) is 24.3 Å². The summed E-state index contributed by atoms with van der Waals surface area (Å²) in [6, 6.07) is 11.9. The molecule has 0 N–H and O–H groups in total. The van der Waals surface area contributed by atoms with Crippen LogP contribution in [0, 0.1) is 11.3 Å². The zero-order chi connectivity index (χ0) is 12.5. The van der Waals surface area contributed by atoms with Crippen LogP contribution in [0.5, 0.6) is 0 Å². The fourth-order valence-corrected chi connectivity index (χ4v) is 2.23. The molecule has 90 valence electrons. The van der Waals surface area contributed by atoms with E-state index < -0.39 is 0 Å². The van der Waals surface area contributed by atoms with E-state index in [4.69, 9.17) is 10.00 Å². The van der Waals surface area contributed by atoms with Crippen LogP contribution in [-0.4, -0.2) is 24.1 Å². The number of benzene rings is 1. The standard InChI is InChI=1S/C13H15NO2S/c1-2-16-13(15)10-17-9-12(8-14)11-6-4-3-5-7-11/h3-7,12H,2,9-10H2,1H3. The van der Waals surface area contributed by atoms with Crippen LogP contribution in [0.3, 0.4) is 0 Å². The summed E-state index contributed by atoms with van der Waals surface area (Å²) in [6.07, 6.45) is 0. The van der Waals surface area contributed by atoms with Gasteiger partial charge >= 0.3 is 5.97 Å². The van der Waals surface area contributed by atoms with E-state index >= 15 is 0 Å². The largest absolute Gasteiger partial charge is 0.465 e. The lowest BCUT2D eigenvalue weighted by atomic mass is 10.0. The van der Waals surface area contributed by atoms with Gasteiger partial charge in [0.2, 0.25) is 0 Å². The number of esters is 1. The van der Waals surface area contributed by atoms with Crippen molar-refractivity contribution in [1.82, 2.24) is 0 Å². The number of carbonyl (C=O) groups is 1. The minimum Gasteiger partial charge on any atom is -0.465 e. The first-order valence-electron chi connectivity index (χ1n) is 5.45. The van der Waals surface area contributed by atoms with Gasteiger partial charge in [-0.05, 0) is 12.5 Å². The molecule has 1 aromatic carbocycles. The third kappa shape index (κ3) is 4.92. The topological polar surface area (TPSA) is 50.1 Å². The molecule has 17 heavy (non-hydrogen) atoms. The van der Waals surface area contributed by atoms with Gasteiger partial charge in [-0.15, -0.1) is 11.8 Å². The highest BCUT2D eigenvalue weighted by Crippen LogP contribution is 2.19. The molecule has 0 aliphatic heterocycles. The SMILES string of the molecule is CCOC(=O)CSCC(C#N)c1ccccc1. The Morgan fingerprint density at radius 3 is 2.76 bits per heavy atom. The number of ether oxygens (including phenoxy) is 1. The molecular formula is C13H15NO2S. The van der Waals surface area contributed by atoms with E-state index in [1.807, 2.05) is 30.3 Å². The van der Waals surface area contributed by atoms with Crippen molar-refractivity contribution in [1.29, 1.82) is 5.26 Å². The lowest BCUT2D eigenvalue weighted by molar-refractivity contribution is -0.139. The van der Waals surface area contributed by atoms with Crippen molar-refractivity contribution < 1.29 is 9.53 Å². The zero-order valence-corrected chi connectivity index (χ0v) is 10.6. The Hall–Kier alpha value is -1.47. The molecule has 0 heterocycles. The zero-order valence-electron chi connectivity index (χ0n) is 9.76. The van der Waals surface area contributed by atoms with Crippen molar-refractivity contribution in [3.05, 3.63) is 35.9 Å². The lowest BCUT2D eigenvalue weighted by Gasteiger charge is -2.08. The van der Waals surface area contributed by atoms with Gasteiger partial charge in [-0.2, -0.15) is 5.26 Å². The summed E-state index contributed by atoms with van der Waals surface area (Å²) in [7, 11) is 0. The first-order valence-corrected chi connectivity index (χ1v) is 6.61. The maximum Gasteiger partial charge on any atom is 0.315 e. The molecule has 0 radical (unpaired) electrons. The Kier molecular flexibility index (Phi) is 6.19. The van der Waals surface area contributed by atoms with Crippen molar-refractivity contribution >= 4 is 17.7 Å². The van der Waals surface area contributed by atoms with Crippen LogP contribution in [0.15, 0.2) is 30.3 Å². The van der Waals surface area contributed by atoms with Crippen LogP contribution < -0.4 is 0 Å². The average Bonchev–Trinajstić information content (AvgIpc) is 2.36. The number of hydrogen-bond donors (Lipinski definition) is 0. The smallest absolute Gasteiger partial charge is 0.315 e. The second kappa shape index (κ2) is 7.75. The second-order valence-corrected chi connectivity index (χ2v) is 4.44. The van der Waals surface area contributed by atoms with Crippen LogP contribution in [0.4, 0.5) is 0 Å². The minimum atomic E-state index is -0.220. The minimum absolute atomic E-state index is 0.171. The maximum atomic E-state index is 11.1. The molecule has 0 aliphatic carbocycles. The molecule has 1 unspecified atom stereocenters. The molecule has 0 saturated carbocycles. The van der Waals surface area contributed by atoms with E-state index in [1.165, 1.54) is 11.8 Å². The fraction of sp³-hybridized carbons (Fsp3) is 0.385. The molecule has 4 heteroatoms. The van der Waals surface area contributed by atoms with Crippen molar-refractivity contribution in [3.8, 4) is 6.07 Å². The number of rotatable bonds is 6. The summed E-state index contributed by atoms with van der Waals surface area (Å²) >= 11 is 1.43. The highest BCUT2D eigenvalue weighted by atomic mass is 32.2.